The summed E-state index contributed by atoms with van der Waals surface area (Å²) in [5.41, 5.74) is 1.07. The minimum atomic E-state index is -4.17. The van der Waals surface area contributed by atoms with Gasteiger partial charge in [0.15, 0.2) is 0 Å². The van der Waals surface area contributed by atoms with E-state index in [-0.39, 0.29) is 29.6 Å². The van der Waals surface area contributed by atoms with Crippen molar-refractivity contribution in [1.29, 1.82) is 0 Å². The summed E-state index contributed by atoms with van der Waals surface area (Å²) < 4.78 is 35.6. The standard InChI is InChI=1S/C8H11N3O3S2.Na/c12-16(13,14)6-11-3-1-7(2-4-11)8-9-5-10-15-8;/h1,5H,2-4,6H2,(H,12,13,14);/q;+1/p-1. The molecule has 1 aliphatic rings. The maximum Gasteiger partial charge on any atom is 1.00 e. The molecule has 9 heteroatoms. The monoisotopic (exact) mass is 283 g/mol. The Balaban J connectivity index is 0.00000144. The van der Waals surface area contributed by atoms with Crippen molar-refractivity contribution in [2.45, 2.75) is 6.42 Å². The molecule has 2 heterocycles. The summed E-state index contributed by atoms with van der Waals surface area (Å²) in [6.45, 7) is 1.03. The first-order chi connectivity index (χ1) is 7.54. The molecule has 0 atom stereocenters. The van der Waals surface area contributed by atoms with Crippen LogP contribution in [-0.4, -0.2) is 46.2 Å². The zero-order chi connectivity index (χ0) is 11.6. The van der Waals surface area contributed by atoms with Crippen LogP contribution in [0.1, 0.15) is 11.4 Å². The van der Waals surface area contributed by atoms with Gasteiger partial charge < -0.3 is 4.55 Å². The second-order valence-corrected chi connectivity index (χ2v) is 5.64. The van der Waals surface area contributed by atoms with Gasteiger partial charge >= 0.3 is 29.6 Å². The summed E-state index contributed by atoms with van der Waals surface area (Å²) in [5, 5.41) is 0.865. The topological polar surface area (TPSA) is 86.2 Å². The van der Waals surface area contributed by atoms with Crippen LogP contribution in [0.4, 0.5) is 0 Å². The van der Waals surface area contributed by atoms with Crippen LogP contribution in [0.5, 0.6) is 0 Å². The van der Waals surface area contributed by atoms with Gasteiger partial charge in [-0.05, 0) is 23.5 Å². The van der Waals surface area contributed by atoms with Crippen LogP contribution in [0.25, 0.3) is 5.57 Å². The number of rotatable bonds is 3. The van der Waals surface area contributed by atoms with E-state index in [1.54, 1.807) is 4.90 Å². The number of hydrogen-bond donors (Lipinski definition) is 0. The second kappa shape index (κ2) is 6.37. The third-order valence-electron chi connectivity index (χ3n) is 2.27. The van der Waals surface area contributed by atoms with Crippen LogP contribution >= 0.6 is 11.5 Å². The molecule has 0 amide bonds. The average molecular weight is 283 g/mol. The first-order valence-corrected chi connectivity index (χ1v) is 7.02. The zero-order valence-electron chi connectivity index (χ0n) is 9.37. The molecule has 1 aromatic heterocycles. The Morgan fingerprint density at radius 2 is 2.29 bits per heavy atom. The molecule has 17 heavy (non-hydrogen) atoms. The van der Waals surface area contributed by atoms with Gasteiger partial charge in [-0.25, -0.2) is 13.4 Å². The van der Waals surface area contributed by atoms with E-state index in [0.717, 1.165) is 10.6 Å². The molecule has 0 unspecified atom stereocenters. The Kier molecular flexibility index (Phi) is 5.71. The molecule has 0 aromatic carbocycles. The van der Waals surface area contributed by atoms with E-state index in [0.29, 0.717) is 19.5 Å². The van der Waals surface area contributed by atoms with Crippen molar-refractivity contribution in [3.8, 4) is 0 Å². The van der Waals surface area contributed by atoms with Crippen molar-refractivity contribution in [2.24, 2.45) is 0 Å². The Morgan fingerprint density at radius 1 is 1.53 bits per heavy atom. The van der Waals surface area contributed by atoms with E-state index in [4.69, 9.17) is 0 Å². The van der Waals surface area contributed by atoms with Gasteiger partial charge in [0.1, 0.15) is 21.5 Å². The zero-order valence-corrected chi connectivity index (χ0v) is 13.0. The van der Waals surface area contributed by atoms with Crippen molar-refractivity contribution >= 4 is 27.2 Å². The Bertz CT molecular complexity index is 486. The fourth-order valence-electron chi connectivity index (χ4n) is 1.56. The molecule has 0 N–H and O–H groups in total. The van der Waals surface area contributed by atoms with Gasteiger partial charge in [-0.15, -0.1) is 0 Å². The normalized spacial score (nSPS) is 17.4. The molecule has 0 saturated carbocycles. The first-order valence-electron chi connectivity index (χ1n) is 4.66. The minimum Gasteiger partial charge on any atom is -0.747 e. The molecule has 0 fully saturated rings. The molecule has 0 radical (unpaired) electrons. The van der Waals surface area contributed by atoms with Crippen LogP contribution in [0.2, 0.25) is 0 Å². The van der Waals surface area contributed by atoms with Crippen LogP contribution < -0.4 is 29.6 Å². The van der Waals surface area contributed by atoms with Crippen molar-refractivity contribution in [3.05, 3.63) is 17.4 Å². The largest absolute Gasteiger partial charge is 1.00 e. The van der Waals surface area contributed by atoms with Crippen LogP contribution in [0.15, 0.2) is 12.4 Å². The van der Waals surface area contributed by atoms with E-state index in [1.807, 2.05) is 6.08 Å². The Hall–Kier alpha value is 0.170. The van der Waals surface area contributed by atoms with Gasteiger partial charge in [-0.3, -0.25) is 4.90 Å². The van der Waals surface area contributed by atoms with E-state index in [1.165, 1.54) is 17.9 Å². The van der Waals surface area contributed by atoms with E-state index >= 15 is 0 Å². The van der Waals surface area contributed by atoms with Gasteiger partial charge in [0.2, 0.25) is 0 Å². The van der Waals surface area contributed by atoms with Crippen molar-refractivity contribution in [1.82, 2.24) is 14.3 Å². The smallest absolute Gasteiger partial charge is 0.747 e. The molecule has 88 valence electrons. The van der Waals surface area contributed by atoms with Crippen LogP contribution in [0.3, 0.4) is 0 Å². The average Bonchev–Trinajstić information content (AvgIpc) is 2.69. The van der Waals surface area contributed by atoms with Gasteiger partial charge in [-0.2, -0.15) is 4.37 Å². The van der Waals surface area contributed by atoms with E-state index in [2.05, 4.69) is 9.36 Å². The van der Waals surface area contributed by atoms with Crippen LogP contribution in [0, 0.1) is 0 Å². The quantitative estimate of drug-likeness (QED) is 0.438. The Morgan fingerprint density at radius 3 is 2.76 bits per heavy atom. The van der Waals surface area contributed by atoms with Crippen LogP contribution in [-0.2, 0) is 10.1 Å². The fraction of sp³-hybridized carbons (Fsp3) is 0.500. The van der Waals surface area contributed by atoms with Gasteiger partial charge in [-0.1, -0.05) is 6.08 Å². The first kappa shape index (κ1) is 15.2. The van der Waals surface area contributed by atoms with E-state index < -0.39 is 16.0 Å². The predicted octanol–water partition coefficient (Wildman–Crippen LogP) is -2.87. The molecule has 6 nitrogen and oxygen atoms in total. The molecule has 0 saturated heterocycles. The summed E-state index contributed by atoms with van der Waals surface area (Å²) in [7, 11) is -4.17. The summed E-state index contributed by atoms with van der Waals surface area (Å²) in [4.78, 5) is 5.68. The molecule has 2 rings (SSSR count). The minimum absolute atomic E-state index is 0. The summed E-state index contributed by atoms with van der Waals surface area (Å²) in [6, 6.07) is 0. The van der Waals surface area contributed by atoms with Gasteiger partial charge in [0.25, 0.3) is 0 Å². The summed E-state index contributed by atoms with van der Waals surface area (Å²) in [6.07, 6.45) is 4.09. The molecule has 0 bridgehead atoms. The Labute approximate surface area is 126 Å². The molecule has 0 spiro atoms. The van der Waals surface area contributed by atoms with E-state index in [9.17, 15) is 13.0 Å². The number of hydrogen-bond acceptors (Lipinski definition) is 7. The fourth-order valence-corrected chi connectivity index (χ4v) is 2.83. The molecule has 1 aliphatic heterocycles. The molecular formula is C8H10N3NaO3S2. The SMILES string of the molecule is O=S(=O)([O-])CN1CC=C(c2ncns2)CC1.[Na+]. The third-order valence-corrected chi connectivity index (χ3v) is 3.69. The predicted molar refractivity (Wildman–Crippen MR) is 58.6 cm³/mol. The van der Waals surface area contributed by atoms with Crippen molar-refractivity contribution in [3.63, 3.8) is 0 Å². The molecular weight excluding hydrogens is 273 g/mol. The summed E-state index contributed by atoms with van der Waals surface area (Å²) in [5.74, 6) is -0.424. The van der Waals surface area contributed by atoms with Gasteiger partial charge in [0.05, 0.1) is 5.88 Å². The van der Waals surface area contributed by atoms with Crippen molar-refractivity contribution in [2.75, 3.05) is 19.0 Å². The number of aromatic nitrogens is 2. The maximum absolute atomic E-state index is 10.6. The molecule has 1 aromatic rings. The number of nitrogens with zero attached hydrogens (tertiary/aromatic N) is 3. The second-order valence-electron chi connectivity index (χ2n) is 3.49. The molecule has 0 aliphatic carbocycles. The van der Waals surface area contributed by atoms with Gasteiger partial charge in [0, 0.05) is 13.1 Å². The van der Waals surface area contributed by atoms with Crippen molar-refractivity contribution < 1.29 is 42.5 Å². The summed E-state index contributed by atoms with van der Waals surface area (Å²) >= 11 is 1.32. The maximum atomic E-state index is 10.6. The third kappa shape index (κ3) is 4.74.